The SMILES string of the molecule is COc1cccc(SCC(=O)N2CCNCC2)c1.Cl. The van der Waals surface area contributed by atoms with Crippen molar-refractivity contribution in [2.45, 2.75) is 4.90 Å². The second-order valence-corrected chi connectivity index (χ2v) is 5.15. The molecule has 1 aromatic carbocycles. The van der Waals surface area contributed by atoms with E-state index in [0.717, 1.165) is 36.8 Å². The van der Waals surface area contributed by atoms with E-state index in [1.165, 1.54) is 0 Å². The summed E-state index contributed by atoms with van der Waals surface area (Å²) in [5.41, 5.74) is 0. The molecule has 1 amide bonds. The topological polar surface area (TPSA) is 41.6 Å². The van der Waals surface area contributed by atoms with Crippen LogP contribution in [0.3, 0.4) is 0 Å². The molecule has 6 heteroatoms. The highest BCUT2D eigenvalue weighted by atomic mass is 35.5. The van der Waals surface area contributed by atoms with Gasteiger partial charge in [-0.1, -0.05) is 6.07 Å². The molecule has 0 unspecified atom stereocenters. The molecule has 1 heterocycles. The highest BCUT2D eigenvalue weighted by Crippen LogP contribution is 2.23. The summed E-state index contributed by atoms with van der Waals surface area (Å²) < 4.78 is 5.16. The van der Waals surface area contributed by atoms with Crippen molar-refractivity contribution in [1.29, 1.82) is 0 Å². The minimum Gasteiger partial charge on any atom is -0.497 e. The van der Waals surface area contributed by atoms with Gasteiger partial charge in [0.05, 0.1) is 12.9 Å². The predicted molar refractivity (Wildman–Crippen MR) is 80.4 cm³/mol. The summed E-state index contributed by atoms with van der Waals surface area (Å²) in [5, 5.41) is 3.24. The Morgan fingerprint density at radius 2 is 2.16 bits per heavy atom. The van der Waals surface area contributed by atoms with Crippen LogP contribution in [0.5, 0.6) is 5.75 Å². The first-order valence-corrected chi connectivity index (χ1v) is 7.03. The van der Waals surface area contributed by atoms with E-state index in [1.807, 2.05) is 29.2 Å². The van der Waals surface area contributed by atoms with Crippen molar-refractivity contribution < 1.29 is 9.53 Å². The highest BCUT2D eigenvalue weighted by Gasteiger charge is 2.15. The van der Waals surface area contributed by atoms with Crippen LogP contribution in [-0.2, 0) is 4.79 Å². The van der Waals surface area contributed by atoms with E-state index in [-0.39, 0.29) is 18.3 Å². The Labute approximate surface area is 124 Å². The number of carbonyl (C=O) groups is 1. The van der Waals surface area contributed by atoms with Gasteiger partial charge in [0.1, 0.15) is 5.75 Å². The number of halogens is 1. The Morgan fingerprint density at radius 3 is 2.84 bits per heavy atom. The van der Waals surface area contributed by atoms with Crippen LogP contribution < -0.4 is 10.1 Å². The maximum absolute atomic E-state index is 12.0. The van der Waals surface area contributed by atoms with E-state index in [2.05, 4.69) is 5.32 Å². The second-order valence-electron chi connectivity index (χ2n) is 4.10. The zero-order valence-corrected chi connectivity index (χ0v) is 12.6. The van der Waals surface area contributed by atoms with Gasteiger partial charge in [-0.15, -0.1) is 24.2 Å². The third-order valence-electron chi connectivity index (χ3n) is 2.87. The molecule has 1 saturated heterocycles. The average molecular weight is 303 g/mol. The maximum atomic E-state index is 12.0. The number of carbonyl (C=O) groups excluding carboxylic acids is 1. The average Bonchev–Trinajstić information content (AvgIpc) is 2.46. The van der Waals surface area contributed by atoms with Gasteiger partial charge in [0.2, 0.25) is 5.91 Å². The maximum Gasteiger partial charge on any atom is 0.233 e. The first-order chi connectivity index (χ1) is 8.79. The second kappa shape index (κ2) is 8.30. The van der Waals surface area contributed by atoms with Crippen LogP contribution in [0.4, 0.5) is 0 Å². The zero-order chi connectivity index (χ0) is 12.8. The first kappa shape index (κ1) is 16.1. The lowest BCUT2D eigenvalue weighted by molar-refractivity contribution is -0.128. The van der Waals surface area contributed by atoms with Gasteiger partial charge in [0.25, 0.3) is 0 Å². The summed E-state index contributed by atoms with van der Waals surface area (Å²) in [6, 6.07) is 7.80. The molecular formula is C13H19ClN2O2S. The van der Waals surface area contributed by atoms with Crippen molar-refractivity contribution in [3.63, 3.8) is 0 Å². The minimum atomic E-state index is 0. The molecule has 1 fully saturated rings. The molecule has 0 atom stereocenters. The van der Waals surface area contributed by atoms with Gasteiger partial charge in [-0.2, -0.15) is 0 Å². The largest absolute Gasteiger partial charge is 0.497 e. The molecule has 1 aliphatic rings. The Bertz CT molecular complexity index is 411. The number of hydrogen-bond donors (Lipinski definition) is 1. The third-order valence-corrected chi connectivity index (χ3v) is 3.85. The van der Waals surface area contributed by atoms with Crippen LogP contribution in [0, 0.1) is 0 Å². The molecule has 1 N–H and O–H groups in total. The number of benzene rings is 1. The lowest BCUT2D eigenvalue weighted by Gasteiger charge is -2.27. The molecule has 106 valence electrons. The fraction of sp³-hybridized carbons (Fsp3) is 0.462. The number of hydrogen-bond acceptors (Lipinski definition) is 4. The number of methoxy groups -OCH3 is 1. The van der Waals surface area contributed by atoms with Gasteiger partial charge in [-0.05, 0) is 18.2 Å². The van der Waals surface area contributed by atoms with Crippen molar-refractivity contribution in [3.05, 3.63) is 24.3 Å². The number of nitrogens with one attached hydrogen (secondary N) is 1. The standard InChI is InChI=1S/C13H18N2O2S.ClH/c1-17-11-3-2-4-12(9-11)18-10-13(16)15-7-5-14-6-8-15;/h2-4,9,14H,5-8,10H2,1H3;1H. The molecule has 0 aliphatic carbocycles. The van der Waals surface area contributed by atoms with E-state index in [0.29, 0.717) is 5.75 Å². The van der Waals surface area contributed by atoms with Crippen molar-refractivity contribution in [2.75, 3.05) is 39.0 Å². The third kappa shape index (κ3) is 4.93. The number of amides is 1. The predicted octanol–water partition coefficient (Wildman–Crippen LogP) is 1.64. The molecule has 0 saturated carbocycles. The first-order valence-electron chi connectivity index (χ1n) is 6.05. The fourth-order valence-corrected chi connectivity index (χ4v) is 2.69. The zero-order valence-electron chi connectivity index (χ0n) is 10.9. The Hall–Kier alpha value is -0.910. The molecule has 0 radical (unpaired) electrons. The summed E-state index contributed by atoms with van der Waals surface area (Å²) in [7, 11) is 1.65. The monoisotopic (exact) mass is 302 g/mol. The van der Waals surface area contributed by atoms with E-state index >= 15 is 0 Å². The normalized spacial score (nSPS) is 14.7. The minimum absolute atomic E-state index is 0. The number of piperazine rings is 1. The van der Waals surface area contributed by atoms with Gasteiger partial charge in [0, 0.05) is 31.1 Å². The van der Waals surface area contributed by atoms with Crippen LogP contribution in [0.1, 0.15) is 0 Å². The highest BCUT2D eigenvalue weighted by molar-refractivity contribution is 8.00. The van der Waals surface area contributed by atoms with Gasteiger partial charge < -0.3 is 15.0 Å². The molecule has 2 rings (SSSR count). The Balaban J connectivity index is 0.00000180. The van der Waals surface area contributed by atoms with Crippen LogP contribution in [-0.4, -0.2) is 49.8 Å². The van der Waals surface area contributed by atoms with Crippen LogP contribution >= 0.6 is 24.2 Å². The Kier molecular flexibility index (Phi) is 7.05. The number of rotatable bonds is 4. The lowest BCUT2D eigenvalue weighted by Crippen LogP contribution is -2.47. The van der Waals surface area contributed by atoms with Gasteiger partial charge in [0.15, 0.2) is 0 Å². The summed E-state index contributed by atoms with van der Waals surface area (Å²) in [6.45, 7) is 3.43. The van der Waals surface area contributed by atoms with Gasteiger partial charge >= 0.3 is 0 Å². The molecule has 19 heavy (non-hydrogen) atoms. The molecule has 0 bridgehead atoms. The molecular weight excluding hydrogens is 284 g/mol. The van der Waals surface area contributed by atoms with Crippen LogP contribution in [0.15, 0.2) is 29.2 Å². The van der Waals surface area contributed by atoms with Gasteiger partial charge in [-0.25, -0.2) is 0 Å². The quantitative estimate of drug-likeness (QED) is 0.859. The summed E-state index contributed by atoms with van der Waals surface area (Å²) in [5.74, 6) is 1.53. The van der Waals surface area contributed by atoms with E-state index < -0.39 is 0 Å². The summed E-state index contributed by atoms with van der Waals surface area (Å²) in [4.78, 5) is 15.0. The molecule has 4 nitrogen and oxygen atoms in total. The molecule has 0 spiro atoms. The van der Waals surface area contributed by atoms with Crippen molar-refractivity contribution >= 4 is 30.1 Å². The molecule has 1 aromatic rings. The molecule has 0 aromatic heterocycles. The number of thioether (sulfide) groups is 1. The van der Waals surface area contributed by atoms with Crippen molar-refractivity contribution in [2.24, 2.45) is 0 Å². The van der Waals surface area contributed by atoms with Crippen LogP contribution in [0.2, 0.25) is 0 Å². The van der Waals surface area contributed by atoms with Crippen LogP contribution in [0.25, 0.3) is 0 Å². The smallest absolute Gasteiger partial charge is 0.233 e. The Morgan fingerprint density at radius 1 is 1.42 bits per heavy atom. The van der Waals surface area contributed by atoms with E-state index in [1.54, 1.807) is 18.9 Å². The lowest BCUT2D eigenvalue weighted by atomic mass is 10.3. The fourth-order valence-electron chi connectivity index (χ4n) is 1.84. The molecule has 1 aliphatic heterocycles. The van der Waals surface area contributed by atoms with E-state index in [4.69, 9.17) is 4.74 Å². The van der Waals surface area contributed by atoms with E-state index in [9.17, 15) is 4.79 Å². The van der Waals surface area contributed by atoms with Crippen molar-refractivity contribution in [3.8, 4) is 5.75 Å². The van der Waals surface area contributed by atoms with Gasteiger partial charge in [-0.3, -0.25) is 4.79 Å². The number of ether oxygens (including phenoxy) is 1. The summed E-state index contributed by atoms with van der Waals surface area (Å²) >= 11 is 1.56. The van der Waals surface area contributed by atoms with Crippen molar-refractivity contribution in [1.82, 2.24) is 10.2 Å². The number of nitrogens with zero attached hydrogens (tertiary/aromatic N) is 1. The summed E-state index contributed by atoms with van der Waals surface area (Å²) in [6.07, 6.45) is 0.